The van der Waals surface area contributed by atoms with E-state index in [-0.39, 0.29) is 30.4 Å². The molecule has 182 valence electrons. The second kappa shape index (κ2) is 12.8. The van der Waals surface area contributed by atoms with Gasteiger partial charge in [-0.05, 0) is 36.3 Å². The molecule has 1 atom stereocenters. The zero-order chi connectivity index (χ0) is 24.3. The third kappa shape index (κ3) is 7.90. The molecule has 1 aliphatic rings. The summed E-state index contributed by atoms with van der Waals surface area (Å²) in [6, 6.07) is 18.8. The van der Waals surface area contributed by atoms with Crippen molar-refractivity contribution in [1.82, 2.24) is 15.5 Å². The third-order valence-corrected chi connectivity index (χ3v) is 6.07. The molecule has 0 saturated carbocycles. The van der Waals surface area contributed by atoms with E-state index in [1.807, 2.05) is 74.5 Å². The van der Waals surface area contributed by atoms with Crippen LogP contribution in [0.5, 0.6) is 0 Å². The summed E-state index contributed by atoms with van der Waals surface area (Å²) in [4.78, 5) is 39.5. The summed E-state index contributed by atoms with van der Waals surface area (Å²) in [6.45, 7) is 5.05. The lowest BCUT2D eigenvalue weighted by atomic mass is 9.99. The van der Waals surface area contributed by atoms with Gasteiger partial charge < -0.3 is 20.3 Å². The van der Waals surface area contributed by atoms with Crippen molar-refractivity contribution in [2.24, 2.45) is 5.92 Å². The lowest BCUT2D eigenvalue weighted by Gasteiger charge is -2.35. The zero-order valence-electron chi connectivity index (χ0n) is 20.0. The fraction of sp³-hybridized carbons (Fsp3) is 0.444. The quantitative estimate of drug-likeness (QED) is 0.591. The van der Waals surface area contributed by atoms with E-state index in [4.69, 9.17) is 4.74 Å². The maximum atomic E-state index is 13.1. The van der Waals surface area contributed by atoms with Crippen LogP contribution in [0.4, 0.5) is 4.79 Å². The Labute approximate surface area is 201 Å². The van der Waals surface area contributed by atoms with Crippen molar-refractivity contribution < 1.29 is 19.1 Å². The Bertz CT molecular complexity index is 925. The molecule has 3 rings (SSSR count). The number of hydrogen-bond donors (Lipinski definition) is 2. The van der Waals surface area contributed by atoms with E-state index < -0.39 is 12.1 Å². The van der Waals surface area contributed by atoms with Gasteiger partial charge in [0.25, 0.3) is 0 Å². The normalized spacial score (nSPS) is 15.0. The molecule has 2 aromatic rings. The molecule has 0 unspecified atom stereocenters. The molecule has 7 nitrogen and oxygen atoms in total. The van der Waals surface area contributed by atoms with Crippen LogP contribution < -0.4 is 10.6 Å². The van der Waals surface area contributed by atoms with E-state index in [1.54, 1.807) is 4.90 Å². The number of piperidine rings is 1. The van der Waals surface area contributed by atoms with Gasteiger partial charge in [0.05, 0.1) is 0 Å². The highest BCUT2D eigenvalue weighted by Crippen LogP contribution is 2.15. The van der Waals surface area contributed by atoms with Crippen molar-refractivity contribution in [2.45, 2.75) is 58.2 Å². The van der Waals surface area contributed by atoms with Gasteiger partial charge in [-0.2, -0.15) is 0 Å². The molecule has 0 radical (unpaired) electrons. The van der Waals surface area contributed by atoms with E-state index in [9.17, 15) is 14.4 Å². The topological polar surface area (TPSA) is 87.7 Å². The predicted molar refractivity (Wildman–Crippen MR) is 131 cm³/mol. The molecule has 1 saturated heterocycles. The van der Waals surface area contributed by atoms with E-state index >= 15 is 0 Å². The van der Waals surface area contributed by atoms with Crippen molar-refractivity contribution in [3.05, 3.63) is 71.8 Å². The minimum Gasteiger partial charge on any atom is -0.445 e. The van der Waals surface area contributed by atoms with Crippen LogP contribution in [-0.2, 0) is 27.4 Å². The van der Waals surface area contributed by atoms with Gasteiger partial charge in [0.15, 0.2) is 0 Å². The Hall–Kier alpha value is -3.35. The molecule has 1 heterocycles. The fourth-order valence-electron chi connectivity index (χ4n) is 4.05. The number of alkyl carbamates (subject to hydrolysis) is 1. The summed E-state index contributed by atoms with van der Waals surface area (Å²) in [5.74, 6) is -0.149. The van der Waals surface area contributed by atoms with Crippen molar-refractivity contribution in [3.8, 4) is 0 Å². The van der Waals surface area contributed by atoms with E-state index in [1.165, 1.54) is 0 Å². The average Bonchev–Trinajstić information content (AvgIpc) is 2.86. The number of hydrogen-bond acceptors (Lipinski definition) is 4. The van der Waals surface area contributed by atoms with Crippen LogP contribution in [0.2, 0.25) is 0 Å². The number of rotatable bonds is 9. The fourth-order valence-corrected chi connectivity index (χ4v) is 4.05. The summed E-state index contributed by atoms with van der Waals surface area (Å²) in [5, 5.41) is 5.84. The van der Waals surface area contributed by atoms with Crippen LogP contribution in [0.1, 0.15) is 44.2 Å². The molecule has 2 aromatic carbocycles. The van der Waals surface area contributed by atoms with Crippen LogP contribution in [0.25, 0.3) is 0 Å². The molecule has 0 spiro atoms. The standard InChI is InChI=1S/C27H35N3O4/c1-20(2)25(29-27(33)34-19-22-11-7-4-8-12-22)26(32)30-17-15-23(16-18-30)28-24(31)14-13-21-9-5-3-6-10-21/h3-12,20,23,25H,13-19H2,1-2H3,(H,28,31)(H,29,33)/t25-/m0/s1. The van der Waals surface area contributed by atoms with Crippen molar-refractivity contribution >= 4 is 17.9 Å². The summed E-state index contributed by atoms with van der Waals surface area (Å²) in [6.07, 6.45) is 1.97. The van der Waals surface area contributed by atoms with Crippen LogP contribution >= 0.6 is 0 Å². The molecule has 2 N–H and O–H groups in total. The Balaban J connectivity index is 1.41. The number of amides is 3. The molecular formula is C27H35N3O4. The van der Waals surface area contributed by atoms with Gasteiger partial charge >= 0.3 is 6.09 Å². The number of ether oxygens (including phenoxy) is 1. The molecule has 0 aromatic heterocycles. The molecule has 0 aliphatic carbocycles. The second-order valence-electron chi connectivity index (χ2n) is 9.08. The van der Waals surface area contributed by atoms with Crippen LogP contribution in [0.3, 0.4) is 0 Å². The zero-order valence-corrected chi connectivity index (χ0v) is 20.0. The van der Waals surface area contributed by atoms with Crippen molar-refractivity contribution in [3.63, 3.8) is 0 Å². The highest BCUT2D eigenvalue weighted by molar-refractivity contribution is 5.86. The Morgan fingerprint density at radius 1 is 0.941 bits per heavy atom. The highest BCUT2D eigenvalue weighted by atomic mass is 16.5. The molecule has 1 aliphatic heterocycles. The van der Waals surface area contributed by atoms with E-state index in [0.29, 0.717) is 38.8 Å². The average molecular weight is 466 g/mol. The lowest BCUT2D eigenvalue weighted by molar-refractivity contribution is -0.135. The van der Waals surface area contributed by atoms with Crippen LogP contribution in [0, 0.1) is 5.92 Å². The second-order valence-corrected chi connectivity index (χ2v) is 9.08. The summed E-state index contributed by atoms with van der Waals surface area (Å²) in [5.41, 5.74) is 2.03. The lowest BCUT2D eigenvalue weighted by Crippen LogP contribution is -2.54. The molecular weight excluding hydrogens is 430 g/mol. The maximum absolute atomic E-state index is 13.1. The highest BCUT2D eigenvalue weighted by Gasteiger charge is 2.32. The number of aryl methyl sites for hydroxylation is 1. The largest absolute Gasteiger partial charge is 0.445 e. The van der Waals surface area contributed by atoms with Crippen molar-refractivity contribution in [2.75, 3.05) is 13.1 Å². The number of likely N-dealkylation sites (tertiary alicyclic amines) is 1. The number of nitrogens with one attached hydrogen (secondary N) is 2. The van der Waals surface area contributed by atoms with E-state index in [0.717, 1.165) is 11.1 Å². The Kier molecular flexibility index (Phi) is 9.50. The number of nitrogens with zero attached hydrogens (tertiary/aromatic N) is 1. The summed E-state index contributed by atoms with van der Waals surface area (Å²) >= 11 is 0. The van der Waals surface area contributed by atoms with Gasteiger partial charge in [-0.1, -0.05) is 74.5 Å². The first kappa shape index (κ1) is 25.3. The number of carbonyl (C=O) groups excluding carboxylic acids is 3. The first-order chi connectivity index (χ1) is 16.4. The first-order valence-electron chi connectivity index (χ1n) is 12.0. The SMILES string of the molecule is CC(C)[C@H](NC(=O)OCc1ccccc1)C(=O)N1CCC(NC(=O)CCc2ccccc2)CC1. The van der Waals surface area contributed by atoms with Gasteiger partial charge in [-0.25, -0.2) is 4.79 Å². The Morgan fingerprint density at radius 3 is 2.12 bits per heavy atom. The van der Waals surface area contributed by atoms with Crippen LogP contribution in [0.15, 0.2) is 60.7 Å². The molecule has 34 heavy (non-hydrogen) atoms. The molecule has 3 amide bonds. The smallest absolute Gasteiger partial charge is 0.408 e. The number of benzene rings is 2. The van der Waals surface area contributed by atoms with Gasteiger partial charge in [-0.15, -0.1) is 0 Å². The molecule has 0 bridgehead atoms. The van der Waals surface area contributed by atoms with Crippen molar-refractivity contribution in [1.29, 1.82) is 0 Å². The minimum absolute atomic E-state index is 0.0384. The van der Waals surface area contributed by atoms with Gasteiger partial charge in [0, 0.05) is 25.6 Å². The Morgan fingerprint density at radius 2 is 1.53 bits per heavy atom. The molecule has 1 fully saturated rings. The molecule has 7 heteroatoms. The predicted octanol–water partition coefficient (Wildman–Crippen LogP) is 3.68. The van der Waals surface area contributed by atoms with Gasteiger partial charge in [0.1, 0.15) is 12.6 Å². The van der Waals surface area contributed by atoms with Gasteiger partial charge in [0.2, 0.25) is 11.8 Å². The minimum atomic E-state index is -0.653. The maximum Gasteiger partial charge on any atom is 0.408 e. The van der Waals surface area contributed by atoms with Crippen LogP contribution in [-0.4, -0.2) is 48.0 Å². The third-order valence-electron chi connectivity index (χ3n) is 6.07. The number of carbonyl (C=O) groups is 3. The monoisotopic (exact) mass is 465 g/mol. The first-order valence-corrected chi connectivity index (χ1v) is 12.0. The summed E-state index contributed by atoms with van der Waals surface area (Å²) < 4.78 is 5.29. The van der Waals surface area contributed by atoms with Gasteiger partial charge in [-0.3, -0.25) is 9.59 Å². The van der Waals surface area contributed by atoms with E-state index in [2.05, 4.69) is 10.6 Å². The summed E-state index contributed by atoms with van der Waals surface area (Å²) in [7, 11) is 0.